The van der Waals surface area contributed by atoms with Crippen LogP contribution in [0.3, 0.4) is 0 Å². The molecular weight excluding hydrogens is 248 g/mol. The molecule has 1 heteroatoms. The molecule has 1 aromatic carbocycles. The van der Waals surface area contributed by atoms with E-state index in [1.54, 1.807) is 5.92 Å². The Morgan fingerprint density at radius 2 is 2.16 bits per heavy atom. The van der Waals surface area contributed by atoms with Gasteiger partial charge in [0.2, 0.25) is 0 Å². The van der Waals surface area contributed by atoms with Gasteiger partial charge in [0.15, 0.2) is 0 Å². The van der Waals surface area contributed by atoms with E-state index >= 15 is 0 Å². The van der Waals surface area contributed by atoms with Crippen molar-refractivity contribution in [3.8, 4) is 0 Å². The van der Waals surface area contributed by atoms with Crippen molar-refractivity contribution in [2.24, 2.45) is 5.92 Å². The summed E-state index contributed by atoms with van der Waals surface area (Å²) in [6.45, 7) is 2.29. The first-order valence-corrected chi connectivity index (χ1v) is 8.69. The second-order valence-electron chi connectivity index (χ2n) is 5.33. The molecule has 2 rings (SSSR count). The van der Waals surface area contributed by atoms with Crippen molar-refractivity contribution >= 4 is 11.8 Å². The van der Waals surface area contributed by atoms with E-state index in [9.17, 15) is 0 Å². The molecule has 1 saturated heterocycles. The Bertz CT molecular complexity index is 363. The van der Waals surface area contributed by atoms with Gasteiger partial charge in [0.05, 0.1) is 0 Å². The normalized spacial score (nSPS) is 20.2. The van der Waals surface area contributed by atoms with Gasteiger partial charge in [0.1, 0.15) is 0 Å². The molecule has 1 aromatic rings. The first-order valence-electron chi connectivity index (χ1n) is 7.54. The quantitative estimate of drug-likeness (QED) is 0.677. The molecule has 0 amide bonds. The van der Waals surface area contributed by atoms with Gasteiger partial charge in [0.25, 0.3) is 0 Å². The average Bonchev–Trinajstić information content (AvgIpc) is 2.48. The third kappa shape index (κ3) is 5.06. The molecule has 0 bridgehead atoms. The van der Waals surface area contributed by atoms with E-state index < -0.39 is 0 Å². The predicted octanol–water partition coefficient (Wildman–Crippen LogP) is 5.30. The first kappa shape index (κ1) is 14.7. The molecule has 0 spiro atoms. The van der Waals surface area contributed by atoms with E-state index in [0.717, 1.165) is 12.3 Å². The van der Waals surface area contributed by atoms with Crippen LogP contribution in [-0.2, 0) is 6.42 Å². The van der Waals surface area contributed by atoms with Crippen LogP contribution in [0, 0.1) is 11.8 Å². The summed E-state index contributed by atoms with van der Waals surface area (Å²) in [5.41, 5.74) is 1.41. The zero-order valence-corrected chi connectivity index (χ0v) is 12.8. The molecule has 1 unspecified atom stereocenters. The maximum absolute atomic E-state index is 2.42. The van der Waals surface area contributed by atoms with E-state index in [0.29, 0.717) is 0 Å². The van der Waals surface area contributed by atoms with Gasteiger partial charge < -0.3 is 0 Å². The van der Waals surface area contributed by atoms with Crippen LogP contribution < -0.4 is 0 Å². The zero-order chi connectivity index (χ0) is 13.3. The molecule has 1 atom stereocenters. The van der Waals surface area contributed by atoms with Gasteiger partial charge in [-0.15, -0.1) is 0 Å². The van der Waals surface area contributed by atoms with E-state index in [-0.39, 0.29) is 0 Å². The smallest absolute Gasteiger partial charge is 0.00117 e. The highest BCUT2D eigenvalue weighted by atomic mass is 32.2. The van der Waals surface area contributed by atoms with Gasteiger partial charge in [-0.25, -0.2) is 0 Å². The lowest BCUT2D eigenvalue weighted by atomic mass is 9.86. The Hall–Kier alpha value is -0.690. The number of hydrogen-bond acceptors (Lipinski definition) is 1. The molecule has 0 aliphatic carbocycles. The second kappa shape index (κ2) is 8.47. The summed E-state index contributed by atoms with van der Waals surface area (Å²) >= 11 is 2.13. The molecule has 0 aromatic heterocycles. The monoisotopic (exact) mass is 273 g/mol. The van der Waals surface area contributed by atoms with Gasteiger partial charge in [-0.1, -0.05) is 55.8 Å². The van der Waals surface area contributed by atoms with Crippen molar-refractivity contribution in [2.75, 3.05) is 11.5 Å². The Morgan fingerprint density at radius 1 is 1.32 bits per heavy atom. The van der Waals surface area contributed by atoms with Crippen molar-refractivity contribution in [1.29, 1.82) is 0 Å². The van der Waals surface area contributed by atoms with Gasteiger partial charge in [-0.2, -0.15) is 11.8 Å². The highest BCUT2D eigenvalue weighted by Gasteiger charge is 2.21. The van der Waals surface area contributed by atoms with E-state index in [1.807, 2.05) is 0 Å². The van der Waals surface area contributed by atoms with Gasteiger partial charge in [-0.05, 0) is 48.7 Å². The molecule has 1 radical (unpaired) electrons. The molecule has 19 heavy (non-hydrogen) atoms. The maximum Gasteiger partial charge on any atom is 0.00117 e. The van der Waals surface area contributed by atoms with Crippen molar-refractivity contribution in [1.82, 2.24) is 0 Å². The van der Waals surface area contributed by atoms with Crippen molar-refractivity contribution in [3.05, 3.63) is 54.0 Å². The van der Waals surface area contributed by atoms with Crippen molar-refractivity contribution in [2.45, 2.75) is 39.0 Å². The third-order valence-corrected chi connectivity index (χ3v) is 4.97. The number of benzene rings is 1. The van der Waals surface area contributed by atoms with Crippen LogP contribution in [0.15, 0.2) is 42.5 Å². The summed E-state index contributed by atoms with van der Waals surface area (Å²) in [6, 6.07) is 10.7. The summed E-state index contributed by atoms with van der Waals surface area (Å²) in [7, 11) is 0. The second-order valence-corrected chi connectivity index (χ2v) is 6.48. The summed E-state index contributed by atoms with van der Waals surface area (Å²) in [4.78, 5) is 0. The fraction of sp³-hybridized carbons (Fsp3) is 0.500. The Balaban J connectivity index is 1.88. The van der Waals surface area contributed by atoms with E-state index in [2.05, 4.69) is 61.2 Å². The standard InChI is InChI=1S/C18H25S/c1-2-8-17(18-13-7-14-19-15-18)12-6-11-16-9-4-3-5-10-16/h3-6,9-10,12,18H,2,7-8,11,13-15H2,1H3. The fourth-order valence-electron chi connectivity index (χ4n) is 2.71. The molecular formula is C18H25S. The molecule has 1 aliphatic rings. The van der Waals surface area contributed by atoms with Crippen LogP contribution in [0.5, 0.6) is 0 Å². The fourth-order valence-corrected chi connectivity index (χ4v) is 3.91. The topological polar surface area (TPSA) is 0 Å². The molecule has 0 saturated carbocycles. The Morgan fingerprint density at radius 3 is 2.84 bits per heavy atom. The molecule has 103 valence electrons. The Kier molecular flexibility index (Phi) is 6.56. The molecule has 0 N–H and O–H groups in total. The van der Waals surface area contributed by atoms with Gasteiger partial charge in [-0.3, -0.25) is 0 Å². The van der Waals surface area contributed by atoms with Crippen LogP contribution in [0.25, 0.3) is 0 Å². The largest absolute Gasteiger partial charge is 0.162 e. The highest BCUT2D eigenvalue weighted by molar-refractivity contribution is 7.99. The van der Waals surface area contributed by atoms with E-state index in [1.165, 1.54) is 42.8 Å². The van der Waals surface area contributed by atoms with Gasteiger partial charge in [0, 0.05) is 5.92 Å². The molecule has 1 fully saturated rings. The van der Waals surface area contributed by atoms with Crippen LogP contribution in [0.1, 0.15) is 38.2 Å². The van der Waals surface area contributed by atoms with Crippen LogP contribution in [0.4, 0.5) is 0 Å². The predicted molar refractivity (Wildman–Crippen MR) is 87.5 cm³/mol. The minimum absolute atomic E-state index is 0.839. The van der Waals surface area contributed by atoms with Crippen LogP contribution in [-0.4, -0.2) is 11.5 Å². The number of thioether (sulfide) groups is 1. The first-order chi connectivity index (χ1) is 9.40. The molecule has 0 nitrogen and oxygen atoms in total. The third-order valence-electron chi connectivity index (χ3n) is 3.75. The molecule has 1 heterocycles. The van der Waals surface area contributed by atoms with Gasteiger partial charge >= 0.3 is 0 Å². The van der Waals surface area contributed by atoms with Crippen molar-refractivity contribution in [3.63, 3.8) is 0 Å². The average molecular weight is 273 g/mol. The minimum Gasteiger partial charge on any atom is -0.162 e. The summed E-state index contributed by atoms with van der Waals surface area (Å²) in [5, 5.41) is 0. The number of rotatable bonds is 6. The van der Waals surface area contributed by atoms with Crippen molar-refractivity contribution < 1.29 is 0 Å². The van der Waals surface area contributed by atoms with Crippen LogP contribution >= 0.6 is 11.8 Å². The lowest BCUT2D eigenvalue weighted by Crippen LogP contribution is -2.17. The maximum atomic E-state index is 2.42. The Labute approximate surface area is 122 Å². The molecule has 1 aliphatic heterocycles. The van der Waals surface area contributed by atoms with E-state index in [4.69, 9.17) is 0 Å². The number of allylic oxidation sites excluding steroid dienone is 2. The summed E-state index contributed by atoms with van der Waals surface area (Å²) in [5.74, 6) is 5.23. The minimum atomic E-state index is 0.839. The lowest BCUT2D eigenvalue weighted by molar-refractivity contribution is 0.526. The number of hydrogen-bond donors (Lipinski definition) is 0. The lowest BCUT2D eigenvalue weighted by Gasteiger charge is -2.27. The summed E-state index contributed by atoms with van der Waals surface area (Å²) < 4.78 is 0. The highest BCUT2D eigenvalue weighted by Crippen LogP contribution is 2.33. The summed E-state index contributed by atoms with van der Waals surface area (Å²) in [6.07, 6.45) is 11.2. The SMILES string of the molecule is CCC[C](C=CCc1ccccc1)C1CCCSC1. The van der Waals surface area contributed by atoms with Crippen LogP contribution in [0.2, 0.25) is 0 Å². The zero-order valence-electron chi connectivity index (χ0n) is 12.0.